The standard InChI is InChI=1S/C14H31N.C3H9NO/c1-2-3-4-5-6-7-8-9-10-11-12-13-14-15;1-2-3-4-5/h2-15H2,1H3;2-4H2,1H3. The van der Waals surface area contributed by atoms with E-state index in [0.29, 0.717) is 6.54 Å². The number of hydrogen-bond donors (Lipinski definition) is 2. The van der Waals surface area contributed by atoms with Crippen LogP contribution in [0.4, 0.5) is 0 Å². The van der Waals surface area contributed by atoms with Gasteiger partial charge in [0.05, 0.1) is 6.54 Å². The first-order chi connectivity index (χ1) is 9.83. The van der Waals surface area contributed by atoms with E-state index in [9.17, 15) is 5.21 Å². The normalized spacial score (nSPS) is 10.2. The van der Waals surface area contributed by atoms with Crippen molar-refractivity contribution in [2.24, 2.45) is 5.73 Å². The van der Waals surface area contributed by atoms with E-state index in [1.807, 2.05) is 6.92 Å². The lowest BCUT2D eigenvalue weighted by atomic mass is 10.1. The van der Waals surface area contributed by atoms with Crippen LogP contribution in [0.15, 0.2) is 0 Å². The highest BCUT2D eigenvalue weighted by Crippen LogP contribution is 2.11. The van der Waals surface area contributed by atoms with Crippen LogP contribution < -0.4 is 11.2 Å². The summed E-state index contributed by atoms with van der Waals surface area (Å²) in [4.78, 5) is 0. The van der Waals surface area contributed by atoms with E-state index in [0.717, 1.165) is 18.4 Å². The molecule has 0 radical (unpaired) electrons. The second-order valence-electron chi connectivity index (χ2n) is 5.63. The lowest BCUT2D eigenvalue weighted by molar-refractivity contribution is -0.588. The minimum absolute atomic E-state index is 0.708. The average molecular weight is 289 g/mol. The number of nitrogens with two attached hydrogens (primary N) is 2. The smallest absolute Gasteiger partial charge is 0.0749 e. The second kappa shape index (κ2) is 23.9. The van der Waals surface area contributed by atoms with Crippen molar-refractivity contribution in [2.45, 2.75) is 97.3 Å². The number of hydroxylamine groups is 1. The summed E-state index contributed by atoms with van der Waals surface area (Å²) in [6.45, 7) is 5.84. The minimum Gasteiger partial charge on any atom is -0.636 e. The summed E-state index contributed by atoms with van der Waals surface area (Å²) in [5.41, 5.74) is 6.38. The molecule has 0 aliphatic rings. The lowest BCUT2D eigenvalue weighted by Gasteiger charge is -2.01. The Morgan fingerprint density at radius 1 is 0.650 bits per heavy atom. The topological polar surface area (TPSA) is 65.7 Å². The van der Waals surface area contributed by atoms with Crippen LogP contribution in [0, 0.1) is 5.21 Å². The SMILES string of the molecule is CCCCCCCCCCCCCCN.CCC[NH2+][O-]. The van der Waals surface area contributed by atoms with Gasteiger partial charge in [0.1, 0.15) is 0 Å². The molecule has 0 aromatic carbocycles. The fourth-order valence-corrected chi connectivity index (χ4v) is 2.10. The fraction of sp³-hybridized carbons (Fsp3) is 1.00. The number of quaternary nitrogens is 1. The van der Waals surface area contributed by atoms with Crippen molar-refractivity contribution in [2.75, 3.05) is 13.1 Å². The van der Waals surface area contributed by atoms with Crippen molar-refractivity contribution in [3.63, 3.8) is 0 Å². The molecule has 0 aliphatic heterocycles. The molecular weight excluding hydrogens is 248 g/mol. The van der Waals surface area contributed by atoms with Gasteiger partial charge in [-0.15, -0.1) is 0 Å². The number of hydrogen-bond acceptors (Lipinski definition) is 2. The van der Waals surface area contributed by atoms with Crippen molar-refractivity contribution in [1.29, 1.82) is 0 Å². The van der Waals surface area contributed by atoms with Gasteiger partial charge >= 0.3 is 0 Å². The van der Waals surface area contributed by atoms with Crippen LogP contribution in [0.25, 0.3) is 0 Å². The highest BCUT2D eigenvalue weighted by atomic mass is 16.5. The van der Waals surface area contributed by atoms with E-state index in [-0.39, 0.29) is 0 Å². The predicted octanol–water partition coefficient (Wildman–Crippen LogP) is 4.10. The molecule has 0 bridgehead atoms. The Morgan fingerprint density at radius 2 is 1.05 bits per heavy atom. The molecule has 0 aliphatic carbocycles. The molecule has 124 valence electrons. The minimum atomic E-state index is 0.708. The first-order valence-electron chi connectivity index (χ1n) is 8.97. The molecule has 0 saturated carbocycles. The highest BCUT2D eigenvalue weighted by molar-refractivity contribution is 4.48. The zero-order valence-corrected chi connectivity index (χ0v) is 14.2. The molecule has 0 amide bonds. The van der Waals surface area contributed by atoms with Crippen LogP contribution >= 0.6 is 0 Å². The van der Waals surface area contributed by atoms with Crippen molar-refractivity contribution < 1.29 is 5.48 Å². The first kappa shape index (κ1) is 22.2. The average Bonchev–Trinajstić information content (AvgIpc) is 2.46. The summed E-state index contributed by atoms with van der Waals surface area (Å²) in [7, 11) is 0. The van der Waals surface area contributed by atoms with Gasteiger partial charge in [-0.25, -0.2) is 0 Å². The monoisotopic (exact) mass is 288 g/mol. The van der Waals surface area contributed by atoms with Gasteiger partial charge in [0.15, 0.2) is 0 Å². The van der Waals surface area contributed by atoms with Gasteiger partial charge in [0.2, 0.25) is 0 Å². The van der Waals surface area contributed by atoms with Crippen LogP contribution in [0.1, 0.15) is 97.3 Å². The van der Waals surface area contributed by atoms with Crippen LogP contribution in [0.2, 0.25) is 0 Å². The van der Waals surface area contributed by atoms with E-state index < -0.39 is 0 Å². The summed E-state index contributed by atoms with van der Waals surface area (Å²) in [6, 6.07) is 0. The molecule has 20 heavy (non-hydrogen) atoms. The molecule has 0 spiro atoms. The highest BCUT2D eigenvalue weighted by Gasteiger charge is 1.92. The molecule has 3 heteroatoms. The van der Waals surface area contributed by atoms with E-state index >= 15 is 0 Å². The Bertz CT molecular complexity index is 129. The molecule has 0 heterocycles. The van der Waals surface area contributed by atoms with Crippen molar-refractivity contribution in [3.8, 4) is 0 Å². The molecule has 4 N–H and O–H groups in total. The molecular formula is C17H40N2O. The lowest BCUT2D eigenvalue weighted by Crippen LogP contribution is -2.77. The maximum Gasteiger partial charge on any atom is 0.0749 e. The molecule has 0 rings (SSSR count). The Morgan fingerprint density at radius 3 is 1.30 bits per heavy atom. The van der Waals surface area contributed by atoms with Gasteiger partial charge in [-0.1, -0.05) is 84.5 Å². The second-order valence-corrected chi connectivity index (χ2v) is 5.63. The molecule has 0 unspecified atom stereocenters. The van der Waals surface area contributed by atoms with E-state index in [2.05, 4.69) is 6.92 Å². The molecule has 0 fully saturated rings. The molecule has 0 atom stereocenters. The van der Waals surface area contributed by atoms with Crippen molar-refractivity contribution in [3.05, 3.63) is 5.21 Å². The Kier molecular flexibility index (Phi) is 26.5. The van der Waals surface area contributed by atoms with Crippen molar-refractivity contribution >= 4 is 0 Å². The third-order valence-corrected chi connectivity index (χ3v) is 3.46. The van der Waals surface area contributed by atoms with Gasteiger partial charge in [0.25, 0.3) is 0 Å². The zero-order chi connectivity index (χ0) is 15.3. The summed E-state index contributed by atoms with van der Waals surface area (Å²) >= 11 is 0. The van der Waals surface area contributed by atoms with Gasteiger partial charge in [-0.2, -0.15) is 0 Å². The van der Waals surface area contributed by atoms with Crippen LogP contribution in [0.3, 0.4) is 0 Å². The maximum atomic E-state index is 9.40. The third-order valence-electron chi connectivity index (χ3n) is 3.46. The number of rotatable bonds is 14. The van der Waals surface area contributed by atoms with Crippen LogP contribution in [-0.4, -0.2) is 13.1 Å². The fourth-order valence-electron chi connectivity index (χ4n) is 2.10. The molecule has 3 nitrogen and oxygen atoms in total. The Labute approximate surface area is 127 Å². The summed E-state index contributed by atoms with van der Waals surface area (Å²) < 4.78 is 0. The third kappa shape index (κ3) is 26.4. The Balaban J connectivity index is 0. The van der Waals surface area contributed by atoms with Gasteiger partial charge in [0, 0.05) is 0 Å². The van der Waals surface area contributed by atoms with Gasteiger partial charge in [-0.05, 0) is 19.4 Å². The zero-order valence-electron chi connectivity index (χ0n) is 14.2. The van der Waals surface area contributed by atoms with Gasteiger partial charge in [-0.3, -0.25) is 0 Å². The first-order valence-corrected chi connectivity index (χ1v) is 8.97. The molecule has 0 aromatic rings. The van der Waals surface area contributed by atoms with Gasteiger partial charge < -0.3 is 16.4 Å². The summed E-state index contributed by atoms with van der Waals surface area (Å²) in [5.74, 6) is 0. The summed E-state index contributed by atoms with van der Waals surface area (Å²) in [5, 5.41) is 9.40. The van der Waals surface area contributed by atoms with E-state index in [1.54, 1.807) is 0 Å². The van der Waals surface area contributed by atoms with Crippen molar-refractivity contribution in [1.82, 2.24) is 0 Å². The van der Waals surface area contributed by atoms with Crippen LogP contribution in [-0.2, 0) is 0 Å². The van der Waals surface area contributed by atoms with E-state index in [1.165, 1.54) is 77.0 Å². The molecule has 0 saturated heterocycles. The molecule has 0 aromatic heterocycles. The summed E-state index contributed by atoms with van der Waals surface area (Å²) in [6.07, 6.45) is 17.9. The van der Waals surface area contributed by atoms with Crippen LogP contribution in [0.5, 0.6) is 0 Å². The van der Waals surface area contributed by atoms with E-state index in [4.69, 9.17) is 5.73 Å². The number of unbranched alkanes of at least 4 members (excludes halogenated alkanes) is 11. The largest absolute Gasteiger partial charge is 0.636 e. The quantitative estimate of drug-likeness (QED) is 0.373. The predicted molar refractivity (Wildman–Crippen MR) is 90.6 cm³/mol. The maximum absolute atomic E-state index is 9.40. The Hall–Kier alpha value is -0.120.